The summed E-state index contributed by atoms with van der Waals surface area (Å²) in [7, 11) is 3.79. The number of nitrogens with zero attached hydrogens (tertiary/aromatic N) is 4. The Morgan fingerprint density at radius 1 is 1.17 bits per heavy atom. The van der Waals surface area contributed by atoms with Gasteiger partial charge in [0.1, 0.15) is 0 Å². The molecular formula is C23H26ClN5O. The molecule has 2 aliphatic heterocycles. The highest BCUT2D eigenvalue weighted by molar-refractivity contribution is 6.36. The Labute approximate surface area is 181 Å². The summed E-state index contributed by atoms with van der Waals surface area (Å²) in [5.41, 5.74) is 4.82. The first-order valence-electron chi connectivity index (χ1n) is 10.6. The lowest BCUT2D eigenvalue weighted by atomic mass is 9.77. The molecular weight excluding hydrogens is 398 g/mol. The molecule has 0 atom stereocenters. The third kappa shape index (κ3) is 3.33. The second-order valence-corrected chi connectivity index (χ2v) is 8.69. The molecule has 0 radical (unpaired) electrons. The van der Waals surface area contributed by atoms with Crippen molar-refractivity contribution in [1.29, 1.82) is 0 Å². The van der Waals surface area contributed by atoms with Crippen LogP contribution in [0.3, 0.4) is 0 Å². The van der Waals surface area contributed by atoms with Crippen molar-refractivity contribution in [2.75, 3.05) is 25.6 Å². The van der Waals surface area contributed by atoms with Gasteiger partial charge in [-0.3, -0.25) is 0 Å². The van der Waals surface area contributed by atoms with E-state index >= 15 is 0 Å². The Hall–Kier alpha value is -2.60. The Bertz CT molecular complexity index is 1140. The van der Waals surface area contributed by atoms with Crippen molar-refractivity contribution < 1.29 is 4.74 Å². The predicted octanol–water partition coefficient (Wildman–Crippen LogP) is 3.82. The second-order valence-electron chi connectivity index (χ2n) is 8.28. The number of H-pyrrole nitrogens is 1. The summed E-state index contributed by atoms with van der Waals surface area (Å²) < 4.78 is 5.31. The average Bonchev–Trinajstić information content (AvgIpc) is 3.11. The van der Waals surface area contributed by atoms with Crippen molar-refractivity contribution in [3.8, 4) is 5.88 Å². The number of anilines is 1. The van der Waals surface area contributed by atoms with E-state index in [0.29, 0.717) is 24.3 Å². The van der Waals surface area contributed by atoms with Gasteiger partial charge in [-0.15, -0.1) is 0 Å². The van der Waals surface area contributed by atoms with E-state index < -0.39 is 0 Å². The summed E-state index contributed by atoms with van der Waals surface area (Å²) in [5, 5.41) is 11.4. The molecule has 2 aromatic heterocycles. The Kier molecular flexibility index (Phi) is 5.11. The van der Waals surface area contributed by atoms with Gasteiger partial charge < -0.3 is 14.6 Å². The zero-order valence-corrected chi connectivity index (χ0v) is 18.1. The van der Waals surface area contributed by atoms with Crippen LogP contribution in [-0.2, 0) is 6.54 Å². The molecule has 30 heavy (non-hydrogen) atoms. The topological polar surface area (TPSA) is 65.9 Å². The molecule has 5 rings (SSSR count). The van der Waals surface area contributed by atoms with Crippen molar-refractivity contribution in [2.45, 2.75) is 38.1 Å². The lowest BCUT2D eigenvalue weighted by Gasteiger charge is -2.29. The summed E-state index contributed by atoms with van der Waals surface area (Å²) in [6, 6.07) is 6.06. The predicted molar refractivity (Wildman–Crippen MR) is 119 cm³/mol. The van der Waals surface area contributed by atoms with Gasteiger partial charge in [0.25, 0.3) is 0 Å². The molecule has 0 unspecified atom stereocenters. The van der Waals surface area contributed by atoms with E-state index in [-0.39, 0.29) is 0 Å². The second kappa shape index (κ2) is 7.91. The van der Waals surface area contributed by atoms with E-state index in [2.05, 4.69) is 44.3 Å². The third-order valence-electron chi connectivity index (χ3n) is 6.57. The zero-order chi connectivity index (χ0) is 20.7. The van der Waals surface area contributed by atoms with Crippen LogP contribution < -0.4 is 20.3 Å². The van der Waals surface area contributed by atoms with Gasteiger partial charge in [-0.1, -0.05) is 17.7 Å². The number of allylic oxidation sites excluding steroid dienone is 1. The maximum Gasteiger partial charge on any atom is 0.213 e. The molecule has 2 aromatic rings. The van der Waals surface area contributed by atoms with E-state index in [9.17, 15) is 0 Å². The van der Waals surface area contributed by atoms with Crippen LogP contribution in [0.15, 0.2) is 39.5 Å². The van der Waals surface area contributed by atoms with Crippen LogP contribution >= 0.6 is 11.6 Å². The van der Waals surface area contributed by atoms with E-state index in [0.717, 1.165) is 53.7 Å². The number of rotatable bonds is 3. The van der Waals surface area contributed by atoms with Crippen molar-refractivity contribution in [1.82, 2.24) is 9.97 Å². The number of likely N-dealkylation sites (N-methyl/N-ethyl adjacent to an activating group) is 1. The quantitative estimate of drug-likeness (QED) is 0.816. The largest absolute Gasteiger partial charge is 0.481 e. The molecule has 0 aromatic carbocycles. The highest BCUT2D eigenvalue weighted by Crippen LogP contribution is 2.42. The highest BCUT2D eigenvalue weighted by Gasteiger charge is 2.30. The van der Waals surface area contributed by atoms with Crippen LogP contribution in [0.1, 0.15) is 42.9 Å². The molecule has 156 valence electrons. The van der Waals surface area contributed by atoms with E-state index in [1.54, 1.807) is 7.11 Å². The van der Waals surface area contributed by atoms with E-state index in [1.165, 1.54) is 16.8 Å². The van der Waals surface area contributed by atoms with Crippen molar-refractivity contribution in [2.24, 2.45) is 16.1 Å². The number of nitrogens with one attached hydrogen (secondary N) is 1. The van der Waals surface area contributed by atoms with Gasteiger partial charge in [-0.05, 0) is 49.3 Å². The van der Waals surface area contributed by atoms with E-state index in [1.807, 2.05) is 18.3 Å². The number of fused-ring (bicyclic) bond motifs is 3. The fourth-order valence-electron chi connectivity index (χ4n) is 5.03. The Morgan fingerprint density at radius 2 is 1.97 bits per heavy atom. The van der Waals surface area contributed by atoms with Crippen molar-refractivity contribution >= 4 is 29.1 Å². The molecule has 1 fully saturated rings. The minimum atomic E-state index is 0.426. The molecule has 1 N–H and O–H groups in total. The number of hydrogen-bond acceptors (Lipinski definition) is 5. The first-order chi connectivity index (χ1) is 14.7. The van der Waals surface area contributed by atoms with Gasteiger partial charge in [0.05, 0.1) is 36.2 Å². The van der Waals surface area contributed by atoms with E-state index in [4.69, 9.17) is 16.3 Å². The van der Waals surface area contributed by atoms with Crippen molar-refractivity contribution in [3.63, 3.8) is 0 Å². The van der Waals surface area contributed by atoms with Crippen LogP contribution in [0.5, 0.6) is 5.88 Å². The molecule has 3 aliphatic rings. The van der Waals surface area contributed by atoms with Crippen LogP contribution in [0, 0.1) is 5.92 Å². The third-order valence-corrected chi connectivity index (χ3v) is 6.92. The monoisotopic (exact) mass is 423 g/mol. The minimum absolute atomic E-state index is 0.426. The first-order valence-corrected chi connectivity index (χ1v) is 10.9. The number of ether oxygens (including phenoxy) is 1. The van der Waals surface area contributed by atoms with Gasteiger partial charge in [0, 0.05) is 41.9 Å². The van der Waals surface area contributed by atoms with Crippen molar-refractivity contribution in [3.05, 3.63) is 51.3 Å². The Morgan fingerprint density at radius 3 is 2.77 bits per heavy atom. The summed E-state index contributed by atoms with van der Waals surface area (Å²) in [6.07, 6.45) is 8.34. The summed E-state index contributed by atoms with van der Waals surface area (Å²) in [6.45, 7) is 1.40. The fourth-order valence-corrected chi connectivity index (χ4v) is 5.35. The highest BCUT2D eigenvalue weighted by atomic mass is 35.5. The molecule has 7 heteroatoms. The maximum atomic E-state index is 6.86. The lowest BCUT2D eigenvalue weighted by Crippen LogP contribution is -2.25. The van der Waals surface area contributed by atoms with Gasteiger partial charge in [-0.2, -0.15) is 10.2 Å². The van der Waals surface area contributed by atoms with Crippen LogP contribution in [0.4, 0.5) is 5.69 Å². The smallest absolute Gasteiger partial charge is 0.213 e. The number of aromatic nitrogens is 2. The number of hydrogen-bond donors (Lipinski definition) is 1. The summed E-state index contributed by atoms with van der Waals surface area (Å²) >= 11 is 6.86. The minimum Gasteiger partial charge on any atom is -0.481 e. The maximum absolute atomic E-state index is 6.86. The molecule has 1 saturated carbocycles. The van der Waals surface area contributed by atoms with Gasteiger partial charge in [-0.25, -0.2) is 4.98 Å². The molecule has 4 heterocycles. The number of azo groups is 1. The standard InChI is InChI=1S/C23H26ClN5O/c1-29-11-10-17(24)21(22-23(29)16-12-25-26-13-19(16)28-22)15-8-6-14(7-9-15)18-4-3-5-20(27-18)30-2/h3-5,10,13-15,28H,6-9,11-12H2,1-2H3. The molecule has 1 aliphatic carbocycles. The Balaban J connectivity index is 1.49. The summed E-state index contributed by atoms with van der Waals surface area (Å²) in [4.78, 5) is 10.6. The first kappa shape index (κ1) is 19.4. The number of aromatic amines is 1. The fraction of sp³-hybridized carbons (Fsp3) is 0.435. The molecule has 0 bridgehead atoms. The van der Waals surface area contributed by atoms with Gasteiger partial charge in [0.2, 0.25) is 5.88 Å². The van der Waals surface area contributed by atoms with Crippen LogP contribution in [0.25, 0.3) is 11.8 Å². The molecule has 0 amide bonds. The normalized spacial score (nSPS) is 23.2. The van der Waals surface area contributed by atoms with Gasteiger partial charge in [0.15, 0.2) is 0 Å². The SMILES string of the molecule is COc1cccc(C2CCC(C3=c4[nH]c5c(c4N(C)CC=C3Cl)CN=NC=5)CC2)n1. The average molecular weight is 424 g/mol. The summed E-state index contributed by atoms with van der Waals surface area (Å²) in [5.74, 6) is 1.58. The zero-order valence-electron chi connectivity index (χ0n) is 17.4. The number of halogens is 1. The molecule has 0 saturated heterocycles. The lowest BCUT2D eigenvalue weighted by molar-refractivity contribution is 0.367. The van der Waals surface area contributed by atoms with Gasteiger partial charge >= 0.3 is 0 Å². The van der Waals surface area contributed by atoms with Crippen LogP contribution in [-0.4, -0.2) is 30.7 Å². The number of pyridine rings is 1. The van der Waals surface area contributed by atoms with Crippen LogP contribution in [0.2, 0.25) is 0 Å². The molecule has 0 spiro atoms. The number of methoxy groups -OCH3 is 1. The molecule has 6 nitrogen and oxygen atoms in total.